The highest BCUT2D eigenvalue weighted by atomic mass is 35.5. The third kappa shape index (κ3) is 5.21. The average molecular weight is 311 g/mol. The van der Waals surface area contributed by atoms with Crippen molar-refractivity contribution in [3.05, 3.63) is 28.8 Å². The number of hydrogen-bond donors (Lipinski definition) is 2. The van der Waals surface area contributed by atoms with Crippen molar-refractivity contribution in [3.8, 4) is 5.75 Å². The number of halogens is 1. The molecule has 0 spiro atoms. The number of ether oxygens (including phenoxy) is 1. The molecule has 1 amide bonds. The molecule has 1 aromatic carbocycles. The molecule has 1 fully saturated rings. The van der Waals surface area contributed by atoms with Crippen LogP contribution in [-0.2, 0) is 11.2 Å². The summed E-state index contributed by atoms with van der Waals surface area (Å²) in [5, 5.41) is 3.39. The van der Waals surface area contributed by atoms with E-state index in [9.17, 15) is 4.79 Å². The van der Waals surface area contributed by atoms with Crippen LogP contribution in [0.2, 0.25) is 5.02 Å². The summed E-state index contributed by atoms with van der Waals surface area (Å²) in [6.45, 7) is 2.78. The minimum atomic E-state index is -0.104. The van der Waals surface area contributed by atoms with E-state index in [4.69, 9.17) is 22.1 Å². The van der Waals surface area contributed by atoms with Crippen molar-refractivity contribution < 1.29 is 9.53 Å². The Labute approximate surface area is 131 Å². The van der Waals surface area contributed by atoms with E-state index in [1.165, 1.54) is 12.8 Å². The molecule has 1 aliphatic rings. The van der Waals surface area contributed by atoms with Gasteiger partial charge in [-0.3, -0.25) is 4.79 Å². The lowest BCUT2D eigenvalue weighted by atomic mass is 10.0. The highest BCUT2D eigenvalue weighted by Gasteiger charge is 2.21. The van der Waals surface area contributed by atoms with Crippen molar-refractivity contribution in [3.63, 3.8) is 0 Å². The third-order valence-electron chi connectivity index (χ3n) is 3.69. The Bertz CT molecular complexity index is 489. The van der Waals surface area contributed by atoms with Gasteiger partial charge >= 0.3 is 0 Å². The summed E-state index contributed by atoms with van der Waals surface area (Å²) in [7, 11) is 0. The summed E-state index contributed by atoms with van der Waals surface area (Å²) in [6, 6.07) is 5.65. The van der Waals surface area contributed by atoms with Gasteiger partial charge in [0, 0.05) is 12.6 Å². The number of amides is 1. The molecular weight excluding hydrogens is 288 g/mol. The quantitative estimate of drug-likeness (QED) is 0.775. The Kier molecular flexibility index (Phi) is 5.88. The van der Waals surface area contributed by atoms with E-state index in [-0.39, 0.29) is 18.6 Å². The molecule has 0 radical (unpaired) electrons. The average Bonchev–Trinajstić information content (AvgIpc) is 3.28. The molecule has 1 aliphatic carbocycles. The molecule has 5 heteroatoms. The number of carbonyl (C=O) groups excluding carboxylic acids is 1. The van der Waals surface area contributed by atoms with Gasteiger partial charge in [0.05, 0.1) is 5.02 Å². The number of nitrogens with one attached hydrogen (secondary N) is 1. The predicted molar refractivity (Wildman–Crippen MR) is 84.7 cm³/mol. The lowest BCUT2D eigenvalue weighted by molar-refractivity contribution is -0.123. The number of rotatable bonds is 8. The van der Waals surface area contributed by atoms with Crippen LogP contribution in [0.25, 0.3) is 0 Å². The zero-order valence-corrected chi connectivity index (χ0v) is 13.2. The van der Waals surface area contributed by atoms with Gasteiger partial charge in [0.1, 0.15) is 5.75 Å². The van der Waals surface area contributed by atoms with E-state index in [1.54, 1.807) is 6.07 Å². The van der Waals surface area contributed by atoms with Crippen molar-refractivity contribution in [2.24, 2.45) is 11.7 Å². The Morgan fingerprint density at radius 1 is 1.52 bits per heavy atom. The molecule has 21 heavy (non-hydrogen) atoms. The molecule has 4 nitrogen and oxygen atoms in total. The Balaban J connectivity index is 1.92. The van der Waals surface area contributed by atoms with Crippen molar-refractivity contribution in [2.75, 3.05) is 13.2 Å². The molecule has 2 rings (SSSR count). The molecule has 1 unspecified atom stereocenters. The maximum atomic E-state index is 11.7. The molecule has 1 aromatic rings. The summed E-state index contributed by atoms with van der Waals surface area (Å²) in [6.07, 6.45) is 4.00. The standard InChI is InChI=1S/C16H23ClN2O2/c1-2-13(18)8-12-4-3-5-14(17)16(12)21-10-15(20)19-9-11-6-7-11/h3-5,11,13H,2,6-10,18H2,1H3,(H,19,20). The molecule has 0 heterocycles. The lowest BCUT2D eigenvalue weighted by Crippen LogP contribution is -2.30. The molecule has 0 saturated heterocycles. The summed E-state index contributed by atoms with van der Waals surface area (Å²) in [4.78, 5) is 11.7. The fourth-order valence-corrected chi connectivity index (χ4v) is 2.32. The molecule has 0 aliphatic heterocycles. The molecule has 1 saturated carbocycles. The fraction of sp³-hybridized carbons (Fsp3) is 0.562. The van der Waals surface area contributed by atoms with Crippen LogP contribution in [0.4, 0.5) is 0 Å². The van der Waals surface area contributed by atoms with Gasteiger partial charge < -0.3 is 15.8 Å². The van der Waals surface area contributed by atoms with E-state index in [1.807, 2.05) is 19.1 Å². The van der Waals surface area contributed by atoms with E-state index in [2.05, 4.69) is 5.32 Å². The minimum Gasteiger partial charge on any atom is -0.482 e. The van der Waals surface area contributed by atoms with E-state index in [0.717, 1.165) is 18.5 Å². The lowest BCUT2D eigenvalue weighted by Gasteiger charge is -2.15. The smallest absolute Gasteiger partial charge is 0.257 e. The first-order valence-corrected chi connectivity index (χ1v) is 7.90. The van der Waals surface area contributed by atoms with Crippen LogP contribution in [0.5, 0.6) is 5.75 Å². The second-order valence-corrected chi connectivity index (χ2v) is 6.04. The largest absolute Gasteiger partial charge is 0.482 e. The van der Waals surface area contributed by atoms with Crippen LogP contribution in [0, 0.1) is 5.92 Å². The SMILES string of the molecule is CCC(N)Cc1cccc(Cl)c1OCC(=O)NCC1CC1. The monoisotopic (exact) mass is 310 g/mol. The zero-order valence-electron chi connectivity index (χ0n) is 12.4. The van der Waals surface area contributed by atoms with Gasteiger partial charge in [-0.05, 0) is 43.2 Å². The highest BCUT2D eigenvalue weighted by Crippen LogP contribution is 2.30. The van der Waals surface area contributed by atoms with Crippen molar-refractivity contribution in [2.45, 2.75) is 38.6 Å². The van der Waals surface area contributed by atoms with Gasteiger partial charge in [-0.2, -0.15) is 0 Å². The van der Waals surface area contributed by atoms with E-state index in [0.29, 0.717) is 23.1 Å². The van der Waals surface area contributed by atoms with Gasteiger partial charge in [-0.1, -0.05) is 30.7 Å². The van der Waals surface area contributed by atoms with Crippen LogP contribution in [0.15, 0.2) is 18.2 Å². The molecule has 1 atom stereocenters. The Morgan fingerprint density at radius 3 is 2.95 bits per heavy atom. The topological polar surface area (TPSA) is 64.3 Å². The number of nitrogens with two attached hydrogens (primary N) is 1. The maximum Gasteiger partial charge on any atom is 0.257 e. The first-order chi connectivity index (χ1) is 10.1. The van der Waals surface area contributed by atoms with Gasteiger partial charge in [-0.15, -0.1) is 0 Å². The van der Waals surface area contributed by atoms with Crippen molar-refractivity contribution >= 4 is 17.5 Å². The van der Waals surface area contributed by atoms with Crippen molar-refractivity contribution in [1.29, 1.82) is 0 Å². The number of hydrogen-bond acceptors (Lipinski definition) is 3. The first-order valence-electron chi connectivity index (χ1n) is 7.52. The normalized spacial score (nSPS) is 15.6. The van der Waals surface area contributed by atoms with Crippen molar-refractivity contribution in [1.82, 2.24) is 5.32 Å². The fourth-order valence-electron chi connectivity index (χ4n) is 2.07. The van der Waals surface area contributed by atoms with Crippen LogP contribution in [0.1, 0.15) is 31.7 Å². The van der Waals surface area contributed by atoms with E-state index < -0.39 is 0 Å². The maximum absolute atomic E-state index is 11.7. The van der Waals surface area contributed by atoms with Gasteiger partial charge in [-0.25, -0.2) is 0 Å². The molecule has 0 bridgehead atoms. The number of benzene rings is 1. The Hall–Kier alpha value is -1.26. The summed E-state index contributed by atoms with van der Waals surface area (Å²) in [5.41, 5.74) is 6.94. The van der Waals surface area contributed by atoms with Crippen LogP contribution in [-0.4, -0.2) is 25.1 Å². The van der Waals surface area contributed by atoms with Crippen LogP contribution >= 0.6 is 11.6 Å². The Morgan fingerprint density at radius 2 is 2.29 bits per heavy atom. The molecule has 116 valence electrons. The molecule has 0 aromatic heterocycles. The third-order valence-corrected chi connectivity index (χ3v) is 3.99. The minimum absolute atomic E-state index is 0.00911. The highest BCUT2D eigenvalue weighted by molar-refractivity contribution is 6.32. The van der Waals surface area contributed by atoms with Gasteiger partial charge in [0.2, 0.25) is 0 Å². The number of carbonyl (C=O) groups is 1. The van der Waals surface area contributed by atoms with Gasteiger partial charge in [0.15, 0.2) is 6.61 Å². The first kappa shape index (κ1) is 16.1. The second kappa shape index (κ2) is 7.66. The second-order valence-electron chi connectivity index (χ2n) is 5.64. The van der Waals surface area contributed by atoms with Gasteiger partial charge in [0.25, 0.3) is 5.91 Å². The number of para-hydroxylation sites is 1. The summed E-state index contributed by atoms with van der Waals surface area (Å²) < 4.78 is 5.63. The predicted octanol–water partition coefficient (Wildman–Crippen LogP) is 2.52. The summed E-state index contributed by atoms with van der Waals surface area (Å²) >= 11 is 6.18. The van der Waals surface area contributed by atoms with E-state index >= 15 is 0 Å². The molecule has 3 N–H and O–H groups in total. The summed E-state index contributed by atoms with van der Waals surface area (Å²) in [5.74, 6) is 1.13. The zero-order chi connectivity index (χ0) is 15.2. The molecular formula is C16H23ClN2O2. The van der Waals surface area contributed by atoms with Crippen LogP contribution in [0.3, 0.4) is 0 Å². The van der Waals surface area contributed by atoms with Crippen LogP contribution < -0.4 is 15.8 Å².